The lowest BCUT2D eigenvalue weighted by Crippen LogP contribution is -2.07. The summed E-state index contributed by atoms with van der Waals surface area (Å²) in [4.78, 5) is 4.28. The molecule has 0 amide bonds. The van der Waals surface area contributed by atoms with Crippen molar-refractivity contribution in [2.75, 3.05) is 0 Å². The first-order valence-electron chi connectivity index (χ1n) is 4.52. The van der Waals surface area contributed by atoms with Gasteiger partial charge in [-0.3, -0.25) is 0 Å². The molecule has 0 spiro atoms. The highest BCUT2D eigenvalue weighted by molar-refractivity contribution is 5.09. The Balaban J connectivity index is 2.95. The van der Waals surface area contributed by atoms with E-state index in [2.05, 4.69) is 37.4 Å². The van der Waals surface area contributed by atoms with Crippen molar-refractivity contribution in [1.29, 1.82) is 0 Å². The van der Waals surface area contributed by atoms with Crippen LogP contribution in [0.2, 0.25) is 0 Å². The van der Waals surface area contributed by atoms with Crippen LogP contribution in [0.3, 0.4) is 0 Å². The summed E-state index contributed by atoms with van der Waals surface area (Å²) in [6.45, 7) is 8.78. The van der Waals surface area contributed by atoms with Crippen LogP contribution < -0.4 is 0 Å². The minimum Gasteiger partial charge on any atom is -0.335 e. The molecule has 12 heavy (non-hydrogen) atoms. The van der Waals surface area contributed by atoms with Crippen molar-refractivity contribution in [2.24, 2.45) is 13.0 Å². The zero-order chi connectivity index (χ0) is 9.30. The van der Waals surface area contributed by atoms with Gasteiger partial charge in [-0.2, -0.15) is 0 Å². The number of hydrogen-bond acceptors (Lipinski definition) is 1. The average molecular weight is 166 g/mol. The van der Waals surface area contributed by atoms with E-state index >= 15 is 0 Å². The Kier molecular flexibility index (Phi) is 2.55. The Morgan fingerprint density at radius 2 is 1.92 bits per heavy atom. The fraction of sp³-hybridized carbons (Fsp3) is 0.700. The zero-order valence-corrected chi connectivity index (χ0v) is 8.63. The van der Waals surface area contributed by atoms with Gasteiger partial charge in [0.05, 0.1) is 0 Å². The molecule has 0 aliphatic heterocycles. The van der Waals surface area contributed by atoms with Crippen LogP contribution >= 0.6 is 0 Å². The molecule has 0 saturated carbocycles. The Morgan fingerprint density at radius 1 is 1.33 bits per heavy atom. The molecule has 0 aromatic carbocycles. The van der Waals surface area contributed by atoms with Gasteiger partial charge in [-0.25, -0.2) is 4.98 Å². The van der Waals surface area contributed by atoms with Gasteiger partial charge in [0.15, 0.2) is 0 Å². The van der Waals surface area contributed by atoms with Crippen LogP contribution in [0.25, 0.3) is 0 Å². The molecule has 0 fully saturated rings. The Bertz CT molecular complexity index is 261. The van der Waals surface area contributed by atoms with E-state index in [1.165, 1.54) is 5.69 Å². The molecule has 1 aromatic rings. The molecule has 0 N–H and O–H groups in total. The van der Waals surface area contributed by atoms with E-state index in [-0.39, 0.29) is 0 Å². The van der Waals surface area contributed by atoms with E-state index in [1.54, 1.807) is 0 Å². The van der Waals surface area contributed by atoms with Crippen molar-refractivity contribution in [3.05, 3.63) is 17.7 Å². The molecule has 1 heterocycles. The lowest BCUT2D eigenvalue weighted by molar-refractivity contribution is 0.508. The summed E-state index contributed by atoms with van der Waals surface area (Å²) in [5, 5.41) is 0. The fourth-order valence-electron chi connectivity index (χ4n) is 1.28. The van der Waals surface area contributed by atoms with Crippen molar-refractivity contribution in [3.63, 3.8) is 0 Å². The summed E-state index contributed by atoms with van der Waals surface area (Å²) in [6, 6.07) is 0. The van der Waals surface area contributed by atoms with Crippen molar-refractivity contribution in [2.45, 2.75) is 33.6 Å². The monoisotopic (exact) mass is 166 g/mol. The molecular weight excluding hydrogens is 148 g/mol. The van der Waals surface area contributed by atoms with Crippen LogP contribution in [0.4, 0.5) is 0 Å². The second-order valence-corrected chi connectivity index (χ2v) is 3.82. The largest absolute Gasteiger partial charge is 0.335 e. The molecule has 68 valence electrons. The first-order valence-corrected chi connectivity index (χ1v) is 4.52. The third kappa shape index (κ3) is 1.52. The molecule has 1 aromatic heterocycles. The average Bonchev–Trinajstić information content (AvgIpc) is 2.32. The Morgan fingerprint density at radius 3 is 2.25 bits per heavy atom. The summed E-state index contributed by atoms with van der Waals surface area (Å²) >= 11 is 0. The molecule has 0 aliphatic carbocycles. The van der Waals surface area contributed by atoms with Crippen LogP contribution in [0, 0.1) is 12.8 Å². The van der Waals surface area contributed by atoms with Crippen molar-refractivity contribution in [3.8, 4) is 0 Å². The second-order valence-electron chi connectivity index (χ2n) is 3.82. The van der Waals surface area contributed by atoms with Gasteiger partial charge in [0, 0.05) is 24.9 Å². The van der Waals surface area contributed by atoms with E-state index in [1.807, 2.05) is 13.1 Å². The van der Waals surface area contributed by atoms with Crippen LogP contribution in [-0.4, -0.2) is 9.55 Å². The summed E-state index contributed by atoms with van der Waals surface area (Å²) in [6.07, 6.45) is 1.99. The highest BCUT2D eigenvalue weighted by atomic mass is 15.1. The van der Waals surface area contributed by atoms with Gasteiger partial charge >= 0.3 is 0 Å². The summed E-state index contributed by atoms with van der Waals surface area (Å²) < 4.78 is 2.17. The molecule has 0 radical (unpaired) electrons. The van der Waals surface area contributed by atoms with Crippen molar-refractivity contribution >= 4 is 0 Å². The minimum atomic E-state index is 0.594. The number of aryl methyl sites for hydroxylation is 1. The van der Waals surface area contributed by atoms with Gasteiger partial charge in [-0.15, -0.1) is 0 Å². The quantitative estimate of drug-likeness (QED) is 0.660. The van der Waals surface area contributed by atoms with Crippen molar-refractivity contribution in [1.82, 2.24) is 9.55 Å². The Hall–Kier alpha value is -0.790. The van der Waals surface area contributed by atoms with E-state index in [0.717, 1.165) is 5.82 Å². The molecular formula is C10H18N2. The predicted molar refractivity (Wildman–Crippen MR) is 51.2 cm³/mol. The van der Waals surface area contributed by atoms with Gasteiger partial charge in [-0.1, -0.05) is 20.8 Å². The first-order chi connectivity index (χ1) is 5.54. The van der Waals surface area contributed by atoms with Gasteiger partial charge < -0.3 is 4.57 Å². The lowest BCUT2D eigenvalue weighted by atomic mass is 9.95. The molecule has 0 bridgehead atoms. The predicted octanol–water partition coefficient (Wildman–Crippen LogP) is 2.49. The molecule has 0 saturated heterocycles. The Labute approximate surface area is 74.6 Å². The standard InChI is InChI=1S/C10H18N2/c1-7(2)8(3)10-6-11-9(4)12(10)5/h6-8H,1-5H3. The molecule has 1 unspecified atom stereocenters. The van der Waals surface area contributed by atoms with Gasteiger partial charge in [0.1, 0.15) is 5.82 Å². The van der Waals surface area contributed by atoms with Crippen LogP contribution in [0.5, 0.6) is 0 Å². The molecule has 0 aliphatic rings. The second kappa shape index (κ2) is 3.30. The van der Waals surface area contributed by atoms with E-state index < -0.39 is 0 Å². The smallest absolute Gasteiger partial charge is 0.105 e. The maximum atomic E-state index is 4.28. The number of rotatable bonds is 2. The maximum absolute atomic E-state index is 4.28. The van der Waals surface area contributed by atoms with Gasteiger partial charge in [0.2, 0.25) is 0 Å². The maximum Gasteiger partial charge on any atom is 0.105 e. The van der Waals surface area contributed by atoms with Crippen LogP contribution in [-0.2, 0) is 7.05 Å². The molecule has 1 atom stereocenters. The van der Waals surface area contributed by atoms with Crippen molar-refractivity contribution < 1.29 is 0 Å². The topological polar surface area (TPSA) is 17.8 Å². The number of aromatic nitrogens is 2. The van der Waals surface area contributed by atoms with Gasteiger partial charge in [-0.05, 0) is 12.8 Å². The fourth-order valence-corrected chi connectivity index (χ4v) is 1.28. The number of hydrogen-bond donors (Lipinski definition) is 0. The summed E-state index contributed by atoms with van der Waals surface area (Å²) in [5.74, 6) is 2.37. The highest BCUT2D eigenvalue weighted by Crippen LogP contribution is 2.23. The SMILES string of the molecule is Cc1ncc(C(C)C(C)C)n1C. The van der Waals surface area contributed by atoms with Crippen LogP contribution in [0.15, 0.2) is 6.20 Å². The molecule has 2 heteroatoms. The summed E-state index contributed by atoms with van der Waals surface area (Å²) in [7, 11) is 2.08. The minimum absolute atomic E-state index is 0.594. The van der Waals surface area contributed by atoms with E-state index in [9.17, 15) is 0 Å². The van der Waals surface area contributed by atoms with E-state index in [4.69, 9.17) is 0 Å². The van der Waals surface area contributed by atoms with Gasteiger partial charge in [0.25, 0.3) is 0 Å². The zero-order valence-electron chi connectivity index (χ0n) is 8.63. The van der Waals surface area contributed by atoms with Crippen LogP contribution in [0.1, 0.15) is 38.2 Å². The molecule has 1 rings (SSSR count). The number of imidazole rings is 1. The summed E-state index contributed by atoms with van der Waals surface area (Å²) in [5.41, 5.74) is 1.34. The third-order valence-electron chi connectivity index (χ3n) is 2.72. The highest BCUT2D eigenvalue weighted by Gasteiger charge is 2.14. The molecule has 2 nitrogen and oxygen atoms in total. The normalized spacial score (nSPS) is 13.8. The lowest BCUT2D eigenvalue weighted by Gasteiger charge is -2.16. The first kappa shape index (κ1) is 9.30. The van der Waals surface area contributed by atoms with E-state index in [0.29, 0.717) is 11.8 Å². The third-order valence-corrected chi connectivity index (χ3v) is 2.72. The number of nitrogens with zero attached hydrogens (tertiary/aromatic N) is 2.